The SMILES string of the molecule is C#CCO[C@]1(C)CC(C)C(=O)C(C)[C@@H]2C(=C)CO[C@]2(C)[C@@H](CC)OC(=O)C(C)(F)C(=O)[C@H](C)[C@H]1O[C@@H]1O[C@H](C)C[C@H](N(C)C)[C@H]1O. The number of aliphatic hydroxyl groups is 1. The number of carbonyl (C=O) groups is 3. The van der Waals surface area contributed by atoms with Crippen LogP contribution in [0.15, 0.2) is 12.2 Å². The predicted molar refractivity (Wildman–Crippen MR) is 169 cm³/mol. The molecule has 46 heavy (non-hydrogen) atoms. The molecule has 3 saturated heterocycles. The number of ether oxygens (including phenoxy) is 5. The summed E-state index contributed by atoms with van der Waals surface area (Å²) >= 11 is 0. The maximum atomic E-state index is 16.6. The molecule has 1 N–H and O–H groups in total. The number of ketones is 2. The van der Waals surface area contributed by atoms with Gasteiger partial charge in [0.15, 0.2) is 12.1 Å². The van der Waals surface area contributed by atoms with Crippen LogP contribution in [0.25, 0.3) is 0 Å². The highest BCUT2D eigenvalue weighted by atomic mass is 19.1. The molecule has 260 valence electrons. The Labute approximate surface area is 273 Å². The van der Waals surface area contributed by atoms with Crippen molar-refractivity contribution in [2.24, 2.45) is 23.7 Å². The zero-order valence-electron chi connectivity index (χ0n) is 29.1. The topological polar surface area (TPSA) is 121 Å². The Balaban J connectivity index is 2.19. The molecular weight excluding hydrogens is 597 g/mol. The summed E-state index contributed by atoms with van der Waals surface area (Å²) in [4.78, 5) is 43.6. The van der Waals surface area contributed by atoms with E-state index in [4.69, 9.17) is 30.1 Å². The van der Waals surface area contributed by atoms with E-state index in [0.29, 0.717) is 12.0 Å². The van der Waals surface area contributed by atoms with Crippen molar-refractivity contribution in [2.75, 3.05) is 27.3 Å². The molecule has 11 heteroatoms. The Morgan fingerprint density at radius 1 is 1.13 bits per heavy atom. The number of terminal acetylenes is 1. The number of fused-ring (bicyclic) bond motifs is 1. The van der Waals surface area contributed by atoms with Gasteiger partial charge in [-0.1, -0.05) is 40.2 Å². The number of rotatable bonds is 6. The van der Waals surface area contributed by atoms with Gasteiger partial charge < -0.3 is 33.7 Å². The lowest BCUT2D eigenvalue weighted by atomic mass is 9.69. The second-order valence-electron chi connectivity index (χ2n) is 14.3. The lowest BCUT2D eigenvalue weighted by Gasteiger charge is -2.47. The van der Waals surface area contributed by atoms with Crippen LogP contribution in [0.5, 0.6) is 0 Å². The third kappa shape index (κ3) is 7.27. The number of hydrogen-bond acceptors (Lipinski definition) is 10. The van der Waals surface area contributed by atoms with Crippen molar-refractivity contribution in [3.63, 3.8) is 0 Å². The molecule has 3 fully saturated rings. The van der Waals surface area contributed by atoms with E-state index in [-0.39, 0.29) is 44.0 Å². The van der Waals surface area contributed by atoms with Gasteiger partial charge in [-0.15, -0.1) is 6.42 Å². The van der Waals surface area contributed by atoms with Crippen molar-refractivity contribution < 1.29 is 47.6 Å². The largest absolute Gasteiger partial charge is 0.457 e. The first-order chi connectivity index (χ1) is 21.3. The number of alkyl halides is 1. The number of likely N-dealkylation sites (N-methyl/N-ethyl adjacent to an activating group) is 1. The van der Waals surface area contributed by atoms with Crippen LogP contribution in [0.2, 0.25) is 0 Å². The van der Waals surface area contributed by atoms with Crippen LogP contribution >= 0.6 is 0 Å². The molecule has 0 radical (unpaired) electrons. The highest BCUT2D eigenvalue weighted by Gasteiger charge is 2.58. The van der Waals surface area contributed by atoms with Gasteiger partial charge in [-0.3, -0.25) is 9.59 Å². The fraction of sp³-hybridized carbons (Fsp3) is 0.800. The number of aliphatic hydroxyl groups excluding tert-OH is 1. The Bertz CT molecular complexity index is 1200. The monoisotopic (exact) mass is 651 g/mol. The van der Waals surface area contributed by atoms with Crippen LogP contribution < -0.4 is 0 Å². The van der Waals surface area contributed by atoms with Crippen LogP contribution in [0.3, 0.4) is 0 Å². The van der Waals surface area contributed by atoms with E-state index in [1.165, 1.54) is 6.92 Å². The zero-order valence-corrected chi connectivity index (χ0v) is 29.1. The molecule has 0 saturated carbocycles. The molecule has 0 aromatic heterocycles. The van der Waals surface area contributed by atoms with Crippen molar-refractivity contribution in [3.8, 4) is 12.3 Å². The van der Waals surface area contributed by atoms with Crippen LogP contribution in [-0.4, -0.2) is 108 Å². The van der Waals surface area contributed by atoms with Gasteiger partial charge in [0.25, 0.3) is 5.67 Å². The number of cyclic esters (lactones) is 1. The lowest BCUT2D eigenvalue weighted by molar-refractivity contribution is -0.296. The van der Waals surface area contributed by atoms with Gasteiger partial charge in [0.05, 0.1) is 24.4 Å². The maximum absolute atomic E-state index is 16.6. The zero-order chi connectivity index (χ0) is 34.9. The van der Waals surface area contributed by atoms with Crippen molar-refractivity contribution >= 4 is 17.5 Å². The molecule has 0 spiro atoms. The van der Waals surface area contributed by atoms with Gasteiger partial charge in [0.1, 0.15) is 30.2 Å². The third-order valence-corrected chi connectivity index (χ3v) is 10.4. The number of halogens is 1. The smallest absolute Gasteiger partial charge is 0.351 e. The maximum Gasteiger partial charge on any atom is 0.351 e. The Morgan fingerprint density at radius 3 is 2.33 bits per heavy atom. The normalized spacial score (nSPS) is 44.8. The van der Waals surface area contributed by atoms with Gasteiger partial charge in [-0.25, -0.2) is 9.18 Å². The van der Waals surface area contributed by atoms with Gasteiger partial charge in [-0.05, 0) is 66.6 Å². The first-order valence-corrected chi connectivity index (χ1v) is 16.3. The molecule has 0 aromatic rings. The fourth-order valence-electron chi connectivity index (χ4n) is 7.86. The molecule has 13 atom stereocenters. The van der Waals surface area contributed by atoms with Crippen LogP contribution in [0.1, 0.15) is 74.7 Å². The Hall–Kier alpha value is -2.20. The van der Waals surface area contributed by atoms with E-state index < -0.39 is 76.9 Å². The number of esters is 1. The molecule has 0 bridgehead atoms. The van der Waals surface area contributed by atoms with E-state index in [0.717, 1.165) is 6.92 Å². The van der Waals surface area contributed by atoms with Crippen molar-refractivity contribution in [3.05, 3.63) is 12.2 Å². The molecule has 3 aliphatic rings. The average molecular weight is 652 g/mol. The van der Waals surface area contributed by atoms with Gasteiger partial charge in [-0.2, -0.15) is 0 Å². The molecule has 0 aliphatic carbocycles. The fourth-order valence-corrected chi connectivity index (χ4v) is 7.86. The van der Waals surface area contributed by atoms with Gasteiger partial charge in [0, 0.05) is 29.7 Å². The van der Waals surface area contributed by atoms with Crippen molar-refractivity contribution in [1.29, 1.82) is 0 Å². The summed E-state index contributed by atoms with van der Waals surface area (Å²) in [5, 5.41) is 11.3. The highest BCUT2D eigenvalue weighted by Crippen LogP contribution is 2.47. The van der Waals surface area contributed by atoms with Crippen molar-refractivity contribution in [2.45, 2.75) is 128 Å². The minimum absolute atomic E-state index is 0.0248. The third-order valence-electron chi connectivity index (χ3n) is 10.4. The van der Waals surface area contributed by atoms with E-state index in [9.17, 15) is 19.5 Å². The van der Waals surface area contributed by atoms with Gasteiger partial charge >= 0.3 is 5.97 Å². The second kappa shape index (κ2) is 14.5. The quantitative estimate of drug-likeness (QED) is 0.197. The summed E-state index contributed by atoms with van der Waals surface area (Å²) in [6, 6.07) is -0.346. The molecule has 3 unspecified atom stereocenters. The highest BCUT2D eigenvalue weighted by molar-refractivity contribution is 6.07. The predicted octanol–water partition coefficient (Wildman–Crippen LogP) is 3.67. The lowest BCUT2D eigenvalue weighted by Crippen LogP contribution is -2.61. The molecule has 3 rings (SSSR count). The molecular formula is C35H54FNO9. The number of hydrogen-bond donors (Lipinski definition) is 1. The van der Waals surface area contributed by atoms with E-state index in [1.807, 2.05) is 25.9 Å². The standard InChI is InChI=1S/C35H54FNO9/c1-13-15-42-33(8)17-19(3)27(38)22(6)26-20(4)18-43-35(26,10)25(14-2)45-32(41)34(9,36)29(40)23(7)30(33)46-31-28(39)24(37(11)12)16-21(5)44-31/h1,19,21-26,28,30-31,39H,4,14-18H2,2-3,5-12H3/t19?,21-,22?,23+,24+,25-,26+,28-,30-,31+,33-,34?,35-/m1/s1. The summed E-state index contributed by atoms with van der Waals surface area (Å²) in [6.07, 6.45) is 1.39. The summed E-state index contributed by atoms with van der Waals surface area (Å²) in [7, 11) is 3.65. The van der Waals surface area contributed by atoms with Crippen LogP contribution in [0, 0.1) is 36.0 Å². The Morgan fingerprint density at radius 2 is 1.76 bits per heavy atom. The minimum Gasteiger partial charge on any atom is -0.457 e. The first kappa shape index (κ1) is 38.2. The number of Topliss-reactive ketones (excluding diaryl/α,β-unsaturated/α-hetero) is 2. The summed E-state index contributed by atoms with van der Waals surface area (Å²) < 4.78 is 47.1. The Kier molecular flexibility index (Phi) is 12.1. The molecule has 3 heterocycles. The first-order valence-electron chi connectivity index (χ1n) is 16.3. The summed E-state index contributed by atoms with van der Waals surface area (Å²) in [5.74, 6) is -3.35. The van der Waals surface area contributed by atoms with E-state index in [1.54, 1.807) is 34.6 Å². The minimum atomic E-state index is -3.09. The molecule has 0 aromatic carbocycles. The van der Waals surface area contributed by atoms with Crippen LogP contribution in [-0.2, 0) is 38.1 Å². The average Bonchev–Trinajstić information content (AvgIpc) is 3.30. The van der Waals surface area contributed by atoms with E-state index >= 15 is 4.39 Å². The molecule has 3 aliphatic heterocycles. The number of nitrogens with zero attached hydrogens (tertiary/aromatic N) is 1. The van der Waals surface area contributed by atoms with Gasteiger partial charge in [0.2, 0.25) is 0 Å². The number of carbonyl (C=O) groups excluding carboxylic acids is 3. The van der Waals surface area contributed by atoms with E-state index in [2.05, 4.69) is 12.5 Å². The second-order valence-corrected chi connectivity index (χ2v) is 14.3. The molecule has 0 amide bonds. The summed E-state index contributed by atoms with van der Waals surface area (Å²) in [6.45, 7) is 16.9. The summed E-state index contributed by atoms with van der Waals surface area (Å²) in [5.41, 5.74) is -5.10. The van der Waals surface area contributed by atoms with Crippen molar-refractivity contribution in [1.82, 2.24) is 4.90 Å². The van der Waals surface area contributed by atoms with Crippen LogP contribution in [0.4, 0.5) is 4.39 Å². The molecule has 10 nitrogen and oxygen atoms in total.